The van der Waals surface area contributed by atoms with E-state index in [1.807, 2.05) is 22.7 Å². The second kappa shape index (κ2) is 17.6. The van der Waals surface area contributed by atoms with Crippen LogP contribution in [-0.2, 0) is 7.05 Å². The Labute approximate surface area is 248 Å². The quantitative estimate of drug-likeness (QED) is 0.0960. The molecule has 3 nitrogen and oxygen atoms in total. The van der Waals surface area contributed by atoms with Crippen LogP contribution in [0.3, 0.4) is 0 Å². The van der Waals surface area contributed by atoms with E-state index < -0.39 is 0 Å². The number of thiophene rings is 2. The molecule has 3 heterocycles. The molecule has 0 saturated heterocycles. The van der Waals surface area contributed by atoms with Crippen LogP contribution in [0.25, 0.3) is 21.1 Å². The van der Waals surface area contributed by atoms with Crippen LogP contribution >= 0.6 is 46.2 Å². The summed E-state index contributed by atoms with van der Waals surface area (Å²) in [5, 5.41) is 0. The van der Waals surface area contributed by atoms with Gasteiger partial charge in [-0.2, -0.15) is 0 Å². The smallest absolute Gasteiger partial charge is 0.140 e. The molecule has 0 atom stereocenters. The molecule has 212 valence electrons. The lowest BCUT2D eigenvalue weighted by molar-refractivity contribution is 0.306. The van der Waals surface area contributed by atoms with Crippen molar-refractivity contribution in [1.82, 2.24) is 4.57 Å². The summed E-state index contributed by atoms with van der Waals surface area (Å²) in [4.78, 5) is 2.45. The molecule has 0 amide bonds. The van der Waals surface area contributed by atoms with Crippen LogP contribution in [0.1, 0.15) is 90.9 Å². The summed E-state index contributed by atoms with van der Waals surface area (Å²) in [6, 6.07) is 8.94. The lowest BCUT2D eigenvalue weighted by Gasteiger charge is -2.11. The molecular weight excluding hydrogens is 547 g/mol. The molecule has 0 bridgehead atoms. The van der Waals surface area contributed by atoms with Crippen LogP contribution in [0.4, 0.5) is 0 Å². The molecule has 38 heavy (non-hydrogen) atoms. The van der Waals surface area contributed by atoms with Gasteiger partial charge in [0.05, 0.1) is 42.8 Å². The third kappa shape index (κ3) is 9.28. The highest BCUT2D eigenvalue weighted by molar-refractivity contribution is 8.00. The molecule has 7 heteroatoms. The van der Waals surface area contributed by atoms with Gasteiger partial charge >= 0.3 is 0 Å². The zero-order chi connectivity index (χ0) is 27.2. The predicted molar refractivity (Wildman–Crippen MR) is 173 cm³/mol. The highest BCUT2D eigenvalue weighted by Crippen LogP contribution is 2.46. The van der Waals surface area contributed by atoms with Gasteiger partial charge in [0.15, 0.2) is 0 Å². The molecule has 3 rings (SSSR count). The molecule has 0 saturated carbocycles. The summed E-state index contributed by atoms with van der Waals surface area (Å²) >= 11 is 7.26. The molecule has 0 spiro atoms. The van der Waals surface area contributed by atoms with Crippen molar-refractivity contribution in [2.45, 2.75) is 99.3 Å². The number of aromatic nitrogens is 1. The number of hydrogen-bond acceptors (Lipinski definition) is 6. The summed E-state index contributed by atoms with van der Waals surface area (Å²) in [7, 11) is 2.18. The monoisotopic (exact) mass is 593 g/mol. The third-order valence-electron chi connectivity index (χ3n) is 6.85. The van der Waals surface area contributed by atoms with Crippen molar-refractivity contribution in [2.75, 3.05) is 25.7 Å². The van der Waals surface area contributed by atoms with Crippen LogP contribution in [0, 0.1) is 0 Å². The summed E-state index contributed by atoms with van der Waals surface area (Å²) in [6.07, 6.45) is 19.6. The van der Waals surface area contributed by atoms with Crippen LogP contribution in [0.5, 0.6) is 11.5 Å². The number of rotatable bonds is 20. The topological polar surface area (TPSA) is 23.4 Å². The fourth-order valence-corrected chi connectivity index (χ4v) is 7.98. The fourth-order valence-electron chi connectivity index (χ4n) is 4.57. The average Bonchev–Trinajstić information content (AvgIpc) is 3.63. The molecule has 0 aliphatic heterocycles. The van der Waals surface area contributed by atoms with E-state index in [2.05, 4.69) is 62.2 Å². The predicted octanol–water partition coefficient (Wildman–Crippen LogP) is 11.4. The van der Waals surface area contributed by atoms with E-state index in [-0.39, 0.29) is 0 Å². The number of thioether (sulfide) groups is 2. The van der Waals surface area contributed by atoms with E-state index in [0.717, 1.165) is 37.6 Å². The van der Waals surface area contributed by atoms with Gasteiger partial charge in [-0.25, -0.2) is 0 Å². The number of unbranched alkanes of at least 4 members (excludes halogenated alkanes) is 10. The minimum Gasteiger partial charge on any atom is -0.492 e. The van der Waals surface area contributed by atoms with Crippen molar-refractivity contribution in [3.05, 3.63) is 24.3 Å². The van der Waals surface area contributed by atoms with Crippen LogP contribution < -0.4 is 9.47 Å². The van der Waals surface area contributed by atoms with Gasteiger partial charge in [0, 0.05) is 19.2 Å². The Morgan fingerprint density at radius 1 is 0.632 bits per heavy atom. The van der Waals surface area contributed by atoms with Gasteiger partial charge in [-0.3, -0.25) is 0 Å². The highest BCUT2D eigenvalue weighted by Gasteiger charge is 2.20. The fraction of sp³-hybridized carbons (Fsp3) is 0.613. The first-order valence-electron chi connectivity index (χ1n) is 14.4. The minimum absolute atomic E-state index is 0.791. The molecule has 0 aliphatic carbocycles. The van der Waals surface area contributed by atoms with E-state index in [4.69, 9.17) is 9.47 Å². The highest BCUT2D eigenvalue weighted by atomic mass is 32.2. The minimum atomic E-state index is 0.791. The summed E-state index contributed by atoms with van der Waals surface area (Å²) in [6.45, 7) is 6.12. The van der Waals surface area contributed by atoms with E-state index in [0.29, 0.717) is 0 Å². The summed E-state index contributed by atoms with van der Waals surface area (Å²) in [5.41, 5.74) is 2.42. The first kappa shape index (κ1) is 31.5. The number of hydrogen-bond donors (Lipinski definition) is 0. The SMILES string of the molecule is CCCCCCCCOc1cc(SC)sc1-c1ccc(-c2sc(SC)cc2OCCCCCCCC)n1C. The van der Waals surface area contributed by atoms with Gasteiger partial charge in [0.1, 0.15) is 11.5 Å². The van der Waals surface area contributed by atoms with E-state index in [1.165, 1.54) is 93.8 Å². The van der Waals surface area contributed by atoms with Gasteiger partial charge in [0.2, 0.25) is 0 Å². The van der Waals surface area contributed by atoms with E-state index >= 15 is 0 Å². The Morgan fingerprint density at radius 3 is 1.42 bits per heavy atom. The second-order valence-electron chi connectivity index (χ2n) is 9.82. The zero-order valence-corrected chi connectivity index (χ0v) is 27.4. The van der Waals surface area contributed by atoms with E-state index in [1.54, 1.807) is 23.5 Å². The molecule has 3 aromatic heterocycles. The Bertz CT molecular complexity index is 987. The Hall–Kier alpha value is -1.02. The Morgan fingerprint density at radius 2 is 1.03 bits per heavy atom. The Kier molecular flexibility index (Phi) is 14.6. The molecule has 3 aromatic rings. The first-order chi connectivity index (χ1) is 18.6. The van der Waals surface area contributed by atoms with Crippen LogP contribution in [0.2, 0.25) is 0 Å². The van der Waals surface area contributed by atoms with Crippen molar-refractivity contribution in [1.29, 1.82) is 0 Å². The third-order valence-corrected chi connectivity index (χ3v) is 11.3. The molecule has 0 radical (unpaired) electrons. The molecular formula is C31H47NO2S4. The zero-order valence-electron chi connectivity index (χ0n) is 24.1. The molecule has 0 fully saturated rings. The second-order valence-corrected chi connectivity index (χ2v) is 14.1. The van der Waals surface area contributed by atoms with Gasteiger partial charge in [-0.15, -0.1) is 46.2 Å². The van der Waals surface area contributed by atoms with Gasteiger partial charge in [-0.05, 0) is 37.5 Å². The molecule has 0 aliphatic rings. The number of nitrogens with zero attached hydrogens (tertiary/aromatic N) is 1. The largest absolute Gasteiger partial charge is 0.492 e. The molecule has 0 aromatic carbocycles. The van der Waals surface area contributed by atoms with Crippen molar-refractivity contribution in [2.24, 2.45) is 7.05 Å². The van der Waals surface area contributed by atoms with Gasteiger partial charge < -0.3 is 14.0 Å². The maximum Gasteiger partial charge on any atom is 0.140 e. The van der Waals surface area contributed by atoms with Crippen molar-refractivity contribution < 1.29 is 9.47 Å². The van der Waals surface area contributed by atoms with Crippen molar-refractivity contribution in [3.63, 3.8) is 0 Å². The standard InChI is InChI=1S/C31H47NO2S4/c1-6-8-10-12-14-16-20-33-26-22-28(35-4)37-30(26)24-18-19-25(32(24)3)31-27(23-29(36-5)38-31)34-21-17-15-13-11-9-7-2/h18-19,22-23H,6-17,20-21H2,1-5H3. The summed E-state index contributed by atoms with van der Waals surface area (Å²) in [5.74, 6) is 2.05. The lowest BCUT2D eigenvalue weighted by atomic mass is 10.1. The maximum absolute atomic E-state index is 6.35. The van der Waals surface area contributed by atoms with Crippen LogP contribution in [0.15, 0.2) is 32.7 Å². The average molecular weight is 594 g/mol. The molecule has 0 unspecified atom stereocenters. The van der Waals surface area contributed by atoms with Gasteiger partial charge in [0.25, 0.3) is 0 Å². The first-order valence-corrected chi connectivity index (χ1v) is 18.5. The van der Waals surface area contributed by atoms with Crippen molar-refractivity contribution in [3.8, 4) is 32.6 Å². The lowest BCUT2D eigenvalue weighted by Crippen LogP contribution is -2.00. The summed E-state index contributed by atoms with van der Waals surface area (Å²) < 4.78 is 17.6. The van der Waals surface area contributed by atoms with Crippen molar-refractivity contribution >= 4 is 46.2 Å². The molecule has 0 N–H and O–H groups in total. The van der Waals surface area contributed by atoms with E-state index in [9.17, 15) is 0 Å². The maximum atomic E-state index is 6.35. The van der Waals surface area contributed by atoms with Gasteiger partial charge in [-0.1, -0.05) is 78.1 Å². The normalized spacial score (nSPS) is 11.4. The number of ether oxygens (including phenoxy) is 2. The van der Waals surface area contributed by atoms with Crippen LogP contribution in [-0.4, -0.2) is 30.3 Å². The Balaban J connectivity index is 1.70.